The van der Waals surface area contributed by atoms with Gasteiger partial charge in [0.2, 0.25) is 0 Å². The highest BCUT2D eigenvalue weighted by Gasteiger charge is 2.22. The lowest BCUT2D eigenvalue weighted by Crippen LogP contribution is -2.20. The van der Waals surface area contributed by atoms with E-state index in [1.165, 1.54) is 22.4 Å². The molecule has 0 fully saturated rings. The van der Waals surface area contributed by atoms with Crippen molar-refractivity contribution in [3.63, 3.8) is 0 Å². The minimum absolute atomic E-state index is 0.683. The molecule has 0 radical (unpaired) electrons. The maximum atomic E-state index is 6.10. The smallest absolute Gasteiger partial charge is 0.124 e. The van der Waals surface area contributed by atoms with Gasteiger partial charge >= 0.3 is 0 Å². The van der Waals surface area contributed by atoms with Gasteiger partial charge in [0.25, 0.3) is 0 Å². The molecule has 0 spiro atoms. The average molecular weight is 358 g/mol. The van der Waals surface area contributed by atoms with Crippen LogP contribution in [0, 0.1) is 0 Å². The van der Waals surface area contributed by atoms with E-state index in [2.05, 4.69) is 83.0 Å². The van der Waals surface area contributed by atoms with Crippen molar-refractivity contribution in [2.24, 2.45) is 0 Å². The lowest BCUT2D eigenvalue weighted by Gasteiger charge is -2.20. The van der Waals surface area contributed by atoms with E-state index in [4.69, 9.17) is 4.74 Å². The van der Waals surface area contributed by atoms with Gasteiger partial charge in [-0.2, -0.15) is 0 Å². The van der Waals surface area contributed by atoms with E-state index in [-0.39, 0.29) is 0 Å². The summed E-state index contributed by atoms with van der Waals surface area (Å²) in [5.74, 6) is 1.03. The van der Waals surface area contributed by atoms with Crippen molar-refractivity contribution in [2.45, 2.75) is 19.5 Å². The SMILES string of the molecule is c1ccc(CNCCOc2cccc3c2CCN3Cc2ccccc2)cc1. The maximum Gasteiger partial charge on any atom is 0.124 e. The van der Waals surface area contributed by atoms with E-state index in [0.29, 0.717) is 6.61 Å². The average Bonchev–Trinajstić information content (AvgIpc) is 3.13. The molecule has 0 saturated carbocycles. The number of ether oxygens (including phenoxy) is 1. The Morgan fingerprint density at radius 3 is 2.33 bits per heavy atom. The fourth-order valence-corrected chi connectivity index (χ4v) is 3.63. The second-order valence-corrected chi connectivity index (χ2v) is 6.92. The summed E-state index contributed by atoms with van der Waals surface area (Å²) in [6.07, 6.45) is 1.05. The number of nitrogens with one attached hydrogen (secondary N) is 1. The molecule has 0 aliphatic carbocycles. The van der Waals surface area contributed by atoms with Crippen LogP contribution in [0.5, 0.6) is 5.75 Å². The zero-order chi connectivity index (χ0) is 18.3. The van der Waals surface area contributed by atoms with E-state index < -0.39 is 0 Å². The molecule has 3 aromatic carbocycles. The third-order valence-corrected chi connectivity index (χ3v) is 5.01. The molecule has 0 unspecified atom stereocenters. The first-order valence-electron chi connectivity index (χ1n) is 9.68. The molecule has 3 aromatic rings. The Labute approximate surface area is 161 Å². The molecular formula is C24H26N2O. The third-order valence-electron chi connectivity index (χ3n) is 5.01. The number of nitrogens with zero attached hydrogens (tertiary/aromatic N) is 1. The first-order valence-corrected chi connectivity index (χ1v) is 9.68. The number of benzene rings is 3. The number of rotatable bonds is 8. The molecule has 1 N–H and O–H groups in total. The molecule has 138 valence electrons. The first-order chi connectivity index (χ1) is 13.4. The Balaban J connectivity index is 1.31. The van der Waals surface area contributed by atoms with Gasteiger partial charge in [0.1, 0.15) is 12.4 Å². The van der Waals surface area contributed by atoms with Gasteiger partial charge < -0.3 is 15.0 Å². The lowest BCUT2D eigenvalue weighted by atomic mass is 10.1. The Kier molecular flexibility index (Phi) is 5.70. The van der Waals surface area contributed by atoms with Crippen molar-refractivity contribution < 1.29 is 4.74 Å². The number of anilines is 1. The molecule has 3 nitrogen and oxygen atoms in total. The zero-order valence-corrected chi connectivity index (χ0v) is 15.6. The predicted molar refractivity (Wildman–Crippen MR) is 111 cm³/mol. The van der Waals surface area contributed by atoms with Crippen LogP contribution in [-0.2, 0) is 19.5 Å². The highest BCUT2D eigenvalue weighted by atomic mass is 16.5. The van der Waals surface area contributed by atoms with E-state index in [9.17, 15) is 0 Å². The number of hydrogen-bond acceptors (Lipinski definition) is 3. The van der Waals surface area contributed by atoms with Crippen LogP contribution in [0.3, 0.4) is 0 Å². The Morgan fingerprint density at radius 2 is 1.56 bits per heavy atom. The molecule has 0 saturated heterocycles. The van der Waals surface area contributed by atoms with Crippen molar-refractivity contribution in [3.05, 3.63) is 95.6 Å². The van der Waals surface area contributed by atoms with E-state index >= 15 is 0 Å². The Morgan fingerprint density at radius 1 is 0.815 bits per heavy atom. The molecule has 0 amide bonds. The van der Waals surface area contributed by atoms with E-state index in [1.54, 1.807) is 0 Å². The van der Waals surface area contributed by atoms with Crippen molar-refractivity contribution in [3.8, 4) is 5.75 Å². The summed E-state index contributed by atoms with van der Waals surface area (Å²) in [6, 6.07) is 27.5. The molecule has 0 atom stereocenters. The molecule has 1 aliphatic heterocycles. The minimum atomic E-state index is 0.683. The highest BCUT2D eigenvalue weighted by Crippen LogP contribution is 2.35. The van der Waals surface area contributed by atoms with Crippen LogP contribution in [0.4, 0.5) is 5.69 Å². The van der Waals surface area contributed by atoms with Crippen LogP contribution in [-0.4, -0.2) is 19.7 Å². The topological polar surface area (TPSA) is 24.5 Å². The van der Waals surface area contributed by atoms with Gasteiger partial charge in [-0.05, 0) is 29.7 Å². The van der Waals surface area contributed by atoms with Gasteiger partial charge in [-0.1, -0.05) is 66.7 Å². The van der Waals surface area contributed by atoms with Gasteiger partial charge in [0.15, 0.2) is 0 Å². The molecule has 0 bridgehead atoms. The van der Waals surface area contributed by atoms with Gasteiger partial charge in [-0.25, -0.2) is 0 Å². The van der Waals surface area contributed by atoms with Crippen molar-refractivity contribution in [2.75, 3.05) is 24.6 Å². The Bertz CT molecular complexity index is 849. The summed E-state index contributed by atoms with van der Waals surface area (Å²) in [4.78, 5) is 2.45. The lowest BCUT2D eigenvalue weighted by molar-refractivity contribution is 0.311. The fraction of sp³-hybridized carbons (Fsp3) is 0.250. The molecule has 1 aliphatic rings. The normalized spacial score (nSPS) is 12.8. The summed E-state index contributed by atoms with van der Waals surface area (Å²) in [5, 5.41) is 3.45. The van der Waals surface area contributed by atoms with E-state index in [0.717, 1.165) is 38.3 Å². The third kappa shape index (κ3) is 4.50. The van der Waals surface area contributed by atoms with Crippen molar-refractivity contribution in [1.29, 1.82) is 0 Å². The second kappa shape index (κ2) is 8.74. The van der Waals surface area contributed by atoms with Crippen molar-refractivity contribution in [1.82, 2.24) is 5.32 Å². The molecule has 0 aromatic heterocycles. The predicted octanol–water partition coefficient (Wildman–Crippen LogP) is 4.42. The largest absolute Gasteiger partial charge is 0.492 e. The fourth-order valence-electron chi connectivity index (χ4n) is 3.63. The summed E-state index contributed by atoms with van der Waals surface area (Å²) in [6.45, 7) is 4.41. The van der Waals surface area contributed by atoms with Gasteiger partial charge in [-0.3, -0.25) is 0 Å². The standard InChI is InChI=1S/C24H26N2O/c1-3-8-20(9-4-1)18-25-15-17-27-24-13-7-12-23-22(24)14-16-26(23)19-21-10-5-2-6-11-21/h1-13,25H,14-19H2. The minimum Gasteiger partial charge on any atom is -0.492 e. The summed E-state index contributed by atoms with van der Waals surface area (Å²) in [7, 11) is 0. The maximum absolute atomic E-state index is 6.10. The molecule has 3 heteroatoms. The summed E-state index contributed by atoms with van der Waals surface area (Å²) in [5.41, 5.74) is 5.31. The zero-order valence-electron chi connectivity index (χ0n) is 15.6. The second-order valence-electron chi connectivity index (χ2n) is 6.92. The van der Waals surface area contributed by atoms with E-state index in [1.807, 2.05) is 6.07 Å². The van der Waals surface area contributed by atoms with Crippen LogP contribution in [0.25, 0.3) is 0 Å². The quantitative estimate of drug-likeness (QED) is 0.603. The van der Waals surface area contributed by atoms with Crippen LogP contribution >= 0.6 is 0 Å². The summed E-state index contributed by atoms with van der Waals surface area (Å²) >= 11 is 0. The monoisotopic (exact) mass is 358 g/mol. The van der Waals surface area contributed by atoms with Gasteiger partial charge in [-0.15, -0.1) is 0 Å². The van der Waals surface area contributed by atoms with Gasteiger partial charge in [0.05, 0.1) is 0 Å². The van der Waals surface area contributed by atoms with Gasteiger partial charge in [0, 0.05) is 37.4 Å². The Hall–Kier alpha value is -2.78. The van der Waals surface area contributed by atoms with Crippen LogP contribution in [0.1, 0.15) is 16.7 Å². The van der Waals surface area contributed by atoms with Crippen LogP contribution < -0.4 is 15.0 Å². The molecule has 27 heavy (non-hydrogen) atoms. The number of fused-ring (bicyclic) bond motifs is 1. The van der Waals surface area contributed by atoms with Crippen LogP contribution in [0.2, 0.25) is 0 Å². The van der Waals surface area contributed by atoms with Crippen LogP contribution in [0.15, 0.2) is 78.9 Å². The molecular weight excluding hydrogens is 332 g/mol. The van der Waals surface area contributed by atoms with Crippen molar-refractivity contribution >= 4 is 5.69 Å². The highest BCUT2D eigenvalue weighted by molar-refractivity contribution is 5.63. The first kappa shape index (κ1) is 17.6. The summed E-state index contributed by atoms with van der Waals surface area (Å²) < 4.78 is 6.10. The molecule has 4 rings (SSSR count). The number of hydrogen-bond donors (Lipinski definition) is 1. The molecule has 1 heterocycles.